The molecule has 6 nitrogen and oxygen atoms in total. The Bertz CT molecular complexity index is 939. The van der Waals surface area contributed by atoms with Crippen LogP contribution in [0, 0.1) is 12.8 Å². The van der Waals surface area contributed by atoms with Gasteiger partial charge in [-0.05, 0) is 24.8 Å². The van der Waals surface area contributed by atoms with Gasteiger partial charge in [-0.3, -0.25) is 4.79 Å². The van der Waals surface area contributed by atoms with E-state index in [1.807, 2.05) is 39.0 Å². The van der Waals surface area contributed by atoms with Gasteiger partial charge in [-0.25, -0.2) is 13.4 Å². The summed E-state index contributed by atoms with van der Waals surface area (Å²) >= 11 is 1.38. The number of amides is 1. The predicted octanol–water partition coefficient (Wildman–Crippen LogP) is 3.07. The summed E-state index contributed by atoms with van der Waals surface area (Å²) in [7, 11) is -3.03. The lowest BCUT2D eigenvalue weighted by molar-refractivity contribution is -0.130. The Morgan fingerprint density at radius 2 is 2.03 bits per heavy atom. The molecule has 1 fully saturated rings. The van der Waals surface area contributed by atoms with Crippen molar-refractivity contribution >= 4 is 27.5 Å². The Morgan fingerprint density at radius 3 is 2.66 bits per heavy atom. The van der Waals surface area contributed by atoms with Crippen molar-refractivity contribution < 1.29 is 13.2 Å². The molecule has 1 aliphatic heterocycles. The molecular weight excluding hydrogens is 406 g/mol. The zero-order chi connectivity index (χ0) is 21.0. The second-order valence-corrected chi connectivity index (χ2v) is 11.3. The van der Waals surface area contributed by atoms with Gasteiger partial charge in [-0.15, -0.1) is 0 Å². The van der Waals surface area contributed by atoms with Gasteiger partial charge in [0.05, 0.1) is 23.0 Å². The van der Waals surface area contributed by atoms with E-state index in [2.05, 4.69) is 22.1 Å². The molecule has 3 rings (SSSR count). The highest BCUT2D eigenvalue weighted by Gasteiger charge is 2.34. The Balaban J connectivity index is 1.63. The number of nitrogens with one attached hydrogen (secondary N) is 1. The molecular formula is C21H29N3O3S2. The number of carbonyl (C=O) groups is 1. The van der Waals surface area contributed by atoms with Gasteiger partial charge in [0, 0.05) is 24.7 Å². The molecule has 0 saturated carbocycles. The molecule has 2 heterocycles. The van der Waals surface area contributed by atoms with Gasteiger partial charge >= 0.3 is 0 Å². The highest BCUT2D eigenvalue weighted by molar-refractivity contribution is 7.99. The van der Waals surface area contributed by atoms with Gasteiger partial charge in [0.1, 0.15) is 0 Å². The van der Waals surface area contributed by atoms with E-state index in [1.54, 1.807) is 4.90 Å². The molecule has 158 valence electrons. The Kier molecular flexibility index (Phi) is 7.05. The molecule has 0 aliphatic carbocycles. The minimum absolute atomic E-state index is 0.0236. The summed E-state index contributed by atoms with van der Waals surface area (Å²) in [6, 6.07) is 9.96. The number of nitrogens with zero attached hydrogens (tertiary/aromatic N) is 2. The maximum atomic E-state index is 12.9. The number of hydrogen-bond donors (Lipinski definition) is 1. The highest BCUT2D eigenvalue weighted by atomic mass is 32.2. The van der Waals surface area contributed by atoms with E-state index in [1.165, 1.54) is 17.3 Å². The fraction of sp³-hybridized carbons (Fsp3) is 0.524. The third-order valence-electron chi connectivity index (χ3n) is 5.04. The van der Waals surface area contributed by atoms with Crippen molar-refractivity contribution in [2.24, 2.45) is 5.92 Å². The van der Waals surface area contributed by atoms with E-state index < -0.39 is 9.84 Å². The van der Waals surface area contributed by atoms with Crippen LogP contribution in [0.15, 0.2) is 35.5 Å². The molecule has 29 heavy (non-hydrogen) atoms. The van der Waals surface area contributed by atoms with E-state index in [0.29, 0.717) is 13.0 Å². The number of aromatic nitrogens is 2. The average Bonchev–Trinajstić information content (AvgIpc) is 3.20. The summed E-state index contributed by atoms with van der Waals surface area (Å²) in [5.41, 5.74) is 3.18. The van der Waals surface area contributed by atoms with Crippen LogP contribution in [0.2, 0.25) is 0 Å². The molecule has 1 atom stereocenters. The minimum atomic E-state index is -3.03. The van der Waals surface area contributed by atoms with Crippen LogP contribution in [0.1, 0.15) is 37.2 Å². The molecule has 1 saturated heterocycles. The van der Waals surface area contributed by atoms with Crippen LogP contribution in [-0.4, -0.2) is 59.0 Å². The summed E-state index contributed by atoms with van der Waals surface area (Å²) in [6.45, 7) is 6.66. The number of carbonyl (C=O) groups excluding carboxylic acids is 1. The van der Waals surface area contributed by atoms with Crippen LogP contribution in [0.25, 0.3) is 0 Å². The highest BCUT2D eigenvalue weighted by Crippen LogP contribution is 2.23. The number of imidazole rings is 1. The summed E-state index contributed by atoms with van der Waals surface area (Å²) in [5, 5.41) is 0.727. The first kappa shape index (κ1) is 21.9. The lowest BCUT2D eigenvalue weighted by Crippen LogP contribution is -2.44. The van der Waals surface area contributed by atoms with Crippen molar-refractivity contribution in [1.29, 1.82) is 0 Å². The topological polar surface area (TPSA) is 83.1 Å². The van der Waals surface area contributed by atoms with Crippen LogP contribution in [0.4, 0.5) is 0 Å². The maximum absolute atomic E-state index is 12.9. The molecule has 0 spiro atoms. The summed E-state index contributed by atoms with van der Waals surface area (Å²) < 4.78 is 23.7. The molecule has 8 heteroatoms. The zero-order valence-corrected chi connectivity index (χ0v) is 18.9. The molecule has 1 amide bonds. The SMILES string of the molecule is Cc1[nH]c(SCC(=O)N(CC(C)C)[C@H]2CCS(=O)(=O)C2)nc1Cc1ccccc1. The predicted molar refractivity (Wildman–Crippen MR) is 117 cm³/mol. The number of aryl methyl sites for hydroxylation is 1. The van der Waals surface area contributed by atoms with E-state index in [-0.39, 0.29) is 35.1 Å². The van der Waals surface area contributed by atoms with E-state index in [4.69, 9.17) is 0 Å². The molecule has 1 aliphatic rings. The largest absolute Gasteiger partial charge is 0.338 e. The molecule has 1 aromatic heterocycles. The smallest absolute Gasteiger partial charge is 0.233 e. The van der Waals surface area contributed by atoms with Gasteiger partial charge in [-0.1, -0.05) is 55.9 Å². The number of hydrogen-bond acceptors (Lipinski definition) is 5. The van der Waals surface area contributed by atoms with Gasteiger partial charge in [0.15, 0.2) is 15.0 Å². The molecule has 0 bridgehead atoms. The minimum Gasteiger partial charge on any atom is -0.338 e. The summed E-state index contributed by atoms with van der Waals surface area (Å²) in [6.07, 6.45) is 1.28. The average molecular weight is 436 g/mol. The number of aromatic amines is 1. The quantitative estimate of drug-likeness (QED) is 0.644. The van der Waals surface area contributed by atoms with Crippen LogP contribution in [0.3, 0.4) is 0 Å². The molecule has 1 N–H and O–H groups in total. The lowest BCUT2D eigenvalue weighted by atomic mass is 10.1. The van der Waals surface area contributed by atoms with Crippen molar-refractivity contribution in [2.45, 2.75) is 44.8 Å². The second-order valence-electron chi connectivity index (χ2n) is 8.06. The third kappa shape index (κ3) is 6.09. The standard InChI is InChI=1S/C21H29N3O3S2/c1-15(2)12-24(18-9-10-29(26,27)14-18)20(25)13-28-21-22-16(3)19(23-21)11-17-7-5-4-6-8-17/h4-8,15,18H,9-14H2,1-3H3,(H,22,23)/t18-/m0/s1. The van der Waals surface area contributed by atoms with Crippen molar-refractivity contribution in [3.63, 3.8) is 0 Å². The first-order valence-corrected chi connectivity index (χ1v) is 12.8. The third-order valence-corrected chi connectivity index (χ3v) is 7.65. The van der Waals surface area contributed by atoms with Crippen LogP contribution >= 0.6 is 11.8 Å². The van der Waals surface area contributed by atoms with Gasteiger partial charge in [0.25, 0.3) is 0 Å². The monoisotopic (exact) mass is 435 g/mol. The Labute approximate surface area is 177 Å². The van der Waals surface area contributed by atoms with Gasteiger partial charge in [0.2, 0.25) is 5.91 Å². The van der Waals surface area contributed by atoms with Crippen LogP contribution < -0.4 is 0 Å². The number of benzene rings is 1. The van der Waals surface area contributed by atoms with Crippen molar-refractivity contribution in [3.05, 3.63) is 47.3 Å². The first-order valence-electron chi connectivity index (χ1n) is 9.95. The fourth-order valence-corrected chi connectivity index (χ4v) is 6.14. The fourth-order valence-electron chi connectivity index (χ4n) is 3.58. The zero-order valence-electron chi connectivity index (χ0n) is 17.2. The van der Waals surface area contributed by atoms with Crippen molar-refractivity contribution in [1.82, 2.24) is 14.9 Å². The molecule has 1 aromatic carbocycles. The van der Waals surface area contributed by atoms with Crippen LogP contribution in [-0.2, 0) is 21.1 Å². The van der Waals surface area contributed by atoms with Crippen LogP contribution in [0.5, 0.6) is 0 Å². The van der Waals surface area contributed by atoms with E-state index in [0.717, 1.165) is 23.0 Å². The number of H-pyrrole nitrogens is 1. The first-order chi connectivity index (χ1) is 13.7. The van der Waals surface area contributed by atoms with E-state index >= 15 is 0 Å². The van der Waals surface area contributed by atoms with Gasteiger partial charge < -0.3 is 9.88 Å². The molecule has 2 aromatic rings. The maximum Gasteiger partial charge on any atom is 0.233 e. The molecule has 0 radical (unpaired) electrons. The lowest BCUT2D eigenvalue weighted by Gasteiger charge is -2.29. The van der Waals surface area contributed by atoms with E-state index in [9.17, 15) is 13.2 Å². The summed E-state index contributed by atoms with van der Waals surface area (Å²) in [4.78, 5) is 22.6. The Morgan fingerprint density at radius 1 is 1.31 bits per heavy atom. The Hall–Kier alpha value is -1.80. The normalized spacial score (nSPS) is 18.3. The second kappa shape index (κ2) is 9.34. The van der Waals surface area contributed by atoms with Gasteiger partial charge in [-0.2, -0.15) is 0 Å². The number of rotatable bonds is 8. The van der Waals surface area contributed by atoms with Crippen molar-refractivity contribution in [3.8, 4) is 0 Å². The summed E-state index contributed by atoms with van der Waals surface area (Å²) in [5.74, 6) is 0.769. The number of sulfone groups is 1. The molecule has 0 unspecified atom stereocenters. The van der Waals surface area contributed by atoms with Crippen molar-refractivity contribution in [2.75, 3.05) is 23.8 Å². The number of thioether (sulfide) groups is 1.